The Morgan fingerprint density at radius 3 is 2.48 bits per heavy atom. The Bertz CT molecular complexity index is 789. The first-order valence-electron chi connectivity index (χ1n) is 9.97. The molecule has 0 amide bonds. The van der Waals surface area contributed by atoms with Crippen LogP contribution < -0.4 is 4.90 Å². The van der Waals surface area contributed by atoms with E-state index in [1.807, 2.05) is 27.0 Å². The molecule has 3 heterocycles. The average molecular weight is 373 g/mol. The SMILES string of the molecule is CC.Cc1ncc2cc(C)c(N3CCN(C4(C)COCC4O)CC3)cc2n1. The molecule has 0 spiro atoms. The molecule has 6 heteroatoms. The van der Waals surface area contributed by atoms with Crippen LogP contribution in [0.25, 0.3) is 10.9 Å². The van der Waals surface area contributed by atoms with Crippen LogP contribution in [0, 0.1) is 13.8 Å². The minimum Gasteiger partial charge on any atom is -0.389 e. The highest BCUT2D eigenvalue weighted by Crippen LogP contribution is 2.30. The molecule has 0 saturated carbocycles. The third kappa shape index (κ3) is 3.79. The van der Waals surface area contributed by atoms with Gasteiger partial charge in [0.15, 0.2) is 0 Å². The van der Waals surface area contributed by atoms with Crippen molar-refractivity contribution in [2.45, 2.75) is 46.3 Å². The van der Waals surface area contributed by atoms with Crippen LogP contribution in [0.5, 0.6) is 0 Å². The molecule has 6 nitrogen and oxygen atoms in total. The molecule has 1 N–H and O–H groups in total. The summed E-state index contributed by atoms with van der Waals surface area (Å²) in [6, 6.07) is 4.36. The molecule has 2 aliphatic rings. The highest BCUT2D eigenvalue weighted by Gasteiger charge is 2.44. The topological polar surface area (TPSA) is 61.7 Å². The third-order valence-electron chi connectivity index (χ3n) is 5.75. The summed E-state index contributed by atoms with van der Waals surface area (Å²) in [5.41, 5.74) is 3.25. The number of piperazine rings is 1. The molecule has 2 saturated heterocycles. The molecule has 0 aliphatic carbocycles. The maximum atomic E-state index is 10.3. The van der Waals surface area contributed by atoms with Crippen LogP contribution in [0.15, 0.2) is 18.3 Å². The van der Waals surface area contributed by atoms with E-state index in [0.29, 0.717) is 13.2 Å². The fraction of sp³-hybridized carbons (Fsp3) is 0.619. The lowest BCUT2D eigenvalue weighted by molar-refractivity contribution is 0.00882. The number of hydrogen-bond acceptors (Lipinski definition) is 6. The molecule has 2 aromatic rings. The zero-order valence-corrected chi connectivity index (χ0v) is 17.2. The number of ether oxygens (including phenoxy) is 1. The van der Waals surface area contributed by atoms with Crippen LogP contribution in [-0.4, -0.2) is 71.0 Å². The lowest BCUT2D eigenvalue weighted by atomic mass is 9.95. The Labute approximate surface area is 162 Å². The molecule has 0 bridgehead atoms. The molecule has 27 heavy (non-hydrogen) atoms. The van der Waals surface area contributed by atoms with Gasteiger partial charge in [-0.05, 0) is 38.5 Å². The summed E-state index contributed by atoms with van der Waals surface area (Å²) in [4.78, 5) is 13.7. The lowest BCUT2D eigenvalue weighted by Gasteiger charge is -2.45. The van der Waals surface area contributed by atoms with Gasteiger partial charge in [-0.3, -0.25) is 4.90 Å². The maximum absolute atomic E-state index is 10.3. The van der Waals surface area contributed by atoms with Gasteiger partial charge in [-0.1, -0.05) is 13.8 Å². The molecule has 4 rings (SSSR count). The van der Waals surface area contributed by atoms with Gasteiger partial charge in [-0.15, -0.1) is 0 Å². The molecule has 0 radical (unpaired) electrons. The maximum Gasteiger partial charge on any atom is 0.125 e. The second-order valence-corrected chi connectivity index (χ2v) is 7.48. The molecular formula is C21H32N4O2. The summed E-state index contributed by atoms with van der Waals surface area (Å²) in [6.45, 7) is 15.0. The molecule has 2 aliphatic heterocycles. The summed E-state index contributed by atoms with van der Waals surface area (Å²) in [6.07, 6.45) is 1.50. The van der Waals surface area contributed by atoms with Crippen LogP contribution >= 0.6 is 0 Å². The van der Waals surface area contributed by atoms with Crippen molar-refractivity contribution in [2.75, 3.05) is 44.3 Å². The summed E-state index contributed by atoms with van der Waals surface area (Å²) in [5.74, 6) is 0.801. The number of rotatable bonds is 2. The number of aromatic nitrogens is 2. The van der Waals surface area contributed by atoms with Crippen LogP contribution in [0.1, 0.15) is 32.2 Å². The molecule has 1 aromatic heterocycles. The van der Waals surface area contributed by atoms with Gasteiger partial charge in [0.1, 0.15) is 5.82 Å². The number of nitrogens with zero attached hydrogens (tertiary/aromatic N) is 4. The van der Waals surface area contributed by atoms with Crippen molar-refractivity contribution in [1.82, 2.24) is 14.9 Å². The third-order valence-corrected chi connectivity index (χ3v) is 5.75. The van der Waals surface area contributed by atoms with E-state index in [1.54, 1.807) is 0 Å². The zero-order valence-electron chi connectivity index (χ0n) is 17.2. The largest absolute Gasteiger partial charge is 0.389 e. The Morgan fingerprint density at radius 1 is 1.15 bits per heavy atom. The standard InChI is InChI=1S/C19H26N4O2.C2H6/c1-13-8-15-10-20-14(2)21-16(15)9-17(13)22-4-6-23(7-5-22)19(3)12-25-11-18(19)24;1-2/h8-10,18,24H,4-7,11-12H2,1-3H3;1-2H3. The smallest absolute Gasteiger partial charge is 0.125 e. The Kier molecular flexibility index (Phi) is 5.99. The minimum absolute atomic E-state index is 0.255. The van der Waals surface area contributed by atoms with Crippen molar-refractivity contribution in [3.05, 3.63) is 29.7 Å². The molecule has 2 atom stereocenters. The second kappa shape index (κ2) is 8.09. The van der Waals surface area contributed by atoms with Gasteiger partial charge >= 0.3 is 0 Å². The molecule has 2 fully saturated rings. The van der Waals surface area contributed by atoms with Gasteiger partial charge < -0.3 is 14.7 Å². The first-order valence-corrected chi connectivity index (χ1v) is 9.97. The Morgan fingerprint density at radius 2 is 1.85 bits per heavy atom. The highest BCUT2D eigenvalue weighted by molar-refractivity contribution is 5.83. The average Bonchev–Trinajstić information content (AvgIpc) is 3.03. The van der Waals surface area contributed by atoms with Crippen molar-refractivity contribution >= 4 is 16.6 Å². The number of aryl methyl sites for hydroxylation is 2. The number of aliphatic hydroxyl groups excluding tert-OH is 1. The monoisotopic (exact) mass is 372 g/mol. The molecular weight excluding hydrogens is 340 g/mol. The Balaban J connectivity index is 0.00000102. The van der Waals surface area contributed by atoms with E-state index in [1.165, 1.54) is 11.3 Å². The Hall–Kier alpha value is -1.76. The van der Waals surface area contributed by atoms with Gasteiger partial charge in [0.2, 0.25) is 0 Å². The second-order valence-electron chi connectivity index (χ2n) is 7.48. The summed E-state index contributed by atoms with van der Waals surface area (Å²) in [5, 5.41) is 11.4. The number of benzene rings is 1. The van der Waals surface area contributed by atoms with E-state index >= 15 is 0 Å². The summed E-state index contributed by atoms with van der Waals surface area (Å²) in [7, 11) is 0. The number of anilines is 1. The minimum atomic E-state index is -0.402. The fourth-order valence-corrected chi connectivity index (χ4v) is 4.03. The molecule has 1 aromatic carbocycles. The van der Waals surface area contributed by atoms with Crippen molar-refractivity contribution in [3.8, 4) is 0 Å². The quantitative estimate of drug-likeness (QED) is 0.874. The van der Waals surface area contributed by atoms with Gasteiger partial charge in [0.25, 0.3) is 0 Å². The predicted octanol–water partition coefficient (Wildman–Crippen LogP) is 2.54. The van der Waals surface area contributed by atoms with Crippen molar-refractivity contribution in [2.24, 2.45) is 0 Å². The number of fused-ring (bicyclic) bond motifs is 1. The normalized spacial score (nSPS) is 26.1. The van der Waals surface area contributed by atoms with E-state index < -0.39 is 6.10 Å². The number of hydrogen-bond donors (Lipinski definition) is 1. The fourth-order valence-electron chi connectivity index (χ4n) is 4.03. The van der Waals surface area contributed by atoms with E-state index in [0.717, 1.165) is 42.9 Å². The highest BCUT2D eigenvalue weighted by atomic mass is 16.5. The van der Waals surface area contributed by atoms with E-state index in [-0.39, 0.29) is 5.54 Å². The van der Waals surface area contributed by atoms with Gasteiger partial charge in [-0.25, -0.2) is 9.97 Å². The van der Waals surface area contributed by atoms with Gasteiger partial charge in [-0.2, -0.15) is 0 Å². The van der Waals surface area contributed by atoms with E-state index in [9.17, 15) is 5.11 Å². The first kappa shape index (κ1) is 20.0. The lowest BCUT2D eigenvalue weighted by Crippen LogP contribution is -2.60. The first-order chi connectivity index (χ1) is 13.0. The van der Waals surface area contributed by atoms with Crippen LogP contribution in [0.4, 0.5) is 5.69 Å². The van der Waals surface area contributed by atoms with Crippen molar-refractivity contribution in [1.29, 1.82) is 0 Å². The summed E-state index contributed by atoms with van der Waals surface area (Å²) < 4.78 is 5.50. The molecule has 148 valence electrons. The predicted molar refractivity (Wildman–Crippen MR) is 109 cm³/mol. The van der Waals surface area contributed by atoms with Gasteiger partial charge in [0.05, 0.1) is 30.4 Å². The molecule has 2 unspecified atom stereocenters. The summed E-state index contributed by atoms with van der Waals surface area (Å²) >= 11 is 0. The number of aliphatic hydroxyl groups is 1. The van der Waals surface area contributed by atoms with Crippen LogP contribution in [0.3, 0.4) is 0 Å². The van der Waals surface area contributed by atoms with E-state index in [4.69, 9.17) is 4.74 Å². The van der Waals surface area contributed by atoms with Gasteiger partial charge in [0, 0.05) is 43.4 Å². The van der Waals surface area contributed by atoms with Crippen molar-refractivity contribution < 1.29 is 9.84 Å². The van der Waals surface area contributed by atoms with Crippen LogP contribution in [0.2, 0.25) is 0 Å². The van der Waals surface area contributed by atoms with E-state index in [2.05, 4.69) is 45.7 Å². The zero-order chi connectivity index (χ0) is 19.6. The van der Waals surface area contributed by atoms with Crippen molar-refractivity contribution in [3.63, 3.8) is 0 Å². The van der Waals surface area contributed by atoms with Crippen LogP contribution in [-0.2, 0) is 4.74 Å².